The lowest BCUT2D eigenvalue weighted by Crippen LogP contribution is -2.25. The van der Waals surface area contributed by atoms with Crippen molar-refractivity contribution in [2.45, 2.75) is 57.9 Å². The van der Waals surface area contributed by atoms with Crippen LogP contribution >= 0.6 is 11.6 Å². The predicted octanol–water partition coefficient (Wildman–Crippen LogP) is 4.98. The summed E-state index contributed by atoms with van der Waals surface area (Å²) in [5.74, 6) is 1.33. The van der Waals surface area contributed by atoms with Crippen molar-refractivity contribution < 1.29 is 4.52 Å². The molecule has 1 aliphatic carbocycles. The number of fused-ring (bicyclic) bond motifs is 3. The largest absolute Gasteiger partial charge is 0.339 e. The summed E-state index contributed by atoms with van der Waals surface area (Å²) in [6, 6.07) is 5.57. The Labute approximate surface area is 172 Å². The normalized spacial score (nSPS) is 16.2. The average Bonchev–Trinajstić information content (AvgIpc) is 3.46. The Hall–Kier alpha value is -2.67. The lowest BCUT2D eigenvalue weighted by Gasteiger charge is -2.18. The van der Waals surface area contributed by atoms with E-state index in [2.05, 4.69) is 22.0 Å². The van der Waals surface area contributed by atoms with E-state index in [1.807, 2.05) is 25.1 Å². The van der Waals surface area contributed by atoms with Crippen LogP contribution in [0.4, 0.5) is 0 Å². The Morgan fingerprint density at radius 2 is 2.07 bits per heavy atom. The minimum atomic E-state index is -0.131. The number of hydrogen-bond acceptors (Lipinski definition) is 5. The minimum absolute atomic E-state index is 0.00975. The van der Waals surface area contributed by atoms with Gasteiger partial charge in [-0.25, -0.2) is 4.98 Å². The number of imidazole rings is 1. The molecule has 29 heavy (non-hydrogen) atoms. The van der Waals surface area contributed by atoms with E-state index in [-0.39, 0.29) is 11.6 Å². The highest BCUT2D eigenvalue weighted by Crippen LogP contribution is 2.34. The molecule has 1 fully saturated rings. The zero-order valence-electron chi connectivity index (χ0n) is 16.4. The third kappa shape index (κ3) is 2.87. The van der Waals surface area contributed by atoms with Crippen molar-refractivity contribution in [3.8, 4) is 11.5 Å². The SMILES string of the molecule is CCC(C)n1c(=O)c2c(-c3noc(C4CCCC4)n3)ncn2c2ccc(Cl)cc21. The fourth-order valence-electron chi connectivity index (χ4n) is 4.31. The van der Waals surface area contributed by atoms with Gasteiger partial charge < -0.3 is 9.09 Å². The predicted molar refractivity (Wildman–Crippen MR) is 111 cm³/mol. The lowest BCUT2D eigenvalue weighted by molar-refractivity contribution is 0.354. The molecular formula is C21H22ClN5O2. The molecule has 1 unspecified atom stereocenters. The Bertz CT molecular complexity index is 1270. The second-order valence-electron chi connectivity index (χ2n) is 7.81. The van der Waals surface area contributed by atoms with Crippen LogP contribution in [0, 0.1) is 0 Å². The highest BCUT2D eigenvalue weighted by Gasteiger charge is 2.26. The molecule has 1 aliphatic rings. The Kier molecular flexibility index (Phi) is 4.42. The molecule has 3 aromatic heterocycles. The Morgan fingerprint density at radius 3 is 2.83 bits per heavy atom. The smallest absolute Gasteiger partial charge is 0.278 e. The number of hydrogen-bond donors (Lipinski definition) is 0. The van der Waals surface area contributed by atoms with Crippen LogP contribution in [0.25, 0.3) is 28.1 Å². The Balaban J connectivity index is 1.77. The van der Waals surface area contributed by atoms with Gasteiger partial charge in [0.05, 0.1) is 11.0 Å². The van der Waals surface area contributed by atoms with Gasteiger partial charge >= 0.3 is 0 Å². The molecule has 3 heterocycles. The van der Waals surface area contributed by atoms with E-state index in [0.29, 0.717) is 33.9 Å². The topological polar surface area (TPSA) is 78.2 Å². The van der Waals surface area contributed by atoms with Crippen molar-refractivity contribution in [1.29, 1.82) is 0 Å². The first-order valence-electron chi connectivity index (χ1n) is 10.1. The molecule has 8 heteroatoms. The fraction of sp³-hybridized carbons (Fsp3) is 0.429. The van der Waals surface area contributed by atoms with Crippen molar-refractivity contribution in [1.82, 2.24) is 24.1 Å². The molecule has 150 valence electrons. The summed E-state index contributed by atoms with van der Waals surface area (Å²) in [5, 5.41) is 4.74. The van der Waals surface area contributed by atoms with E-state index in [4.69, 9.17) is 16.1 Å². The van der Waals surface area contributed by atoms with Crippen LogP contribution in [-0.2, 0) is 0 Å². The van der Waals surface area contributed by atoms with Gasteiger partial charge in [-0.1, -0.05) is 36.5 Å². The molecule has 1 saturated carbocycles. The summed E-state index contributed by atoms with van der Waals surface area (Å²) in [7, 11) is 0. The van der Waals surface area contributed by atoms with Crippen molar-refractivity contribution in [3.63, 3.8) is 0 Å². The third-order valence-electron chi connectivity index (χ3n) is 6.03. The zero-order valence-corrected chi connectivity index (χ0v) is 17.2. The number of rotatable bonds is 4. The van der Waals surface area contributed by atoms with Crippen LogP contribution in [0.15, 0.2) is 33.8 Å². The summed E-state index contributed by atoms with van der Waals surface area (Å²) in [6.07, 6.45) is 6.97. The number of nitrogens with zero attached hydrogens (tertiary/aromatic N) is 5. The lowest BCUT2D eigenvalue weighted by atomic mass is 10.1. The van der Waals surface area contributed by atoms with Gasteiger partial charge in [-0.3, -0.25) is 9.20 Å². The minimum Gasteiger partial charge on any atom is -0.339 e. The third-order valence-corrected chi connectivity index (χ3v) is 6.27. The van der Waals surface area contributed by atoms with E-state index in [9.17, 15) is 4.79 Å². The first-order valence-corrected chi connectivity index (χ1v) is 10.5. The van der Waals surface area contributed by atoms with Crippen molar-refractivity contribution in [2.75, 3.05) is 0 Å². The van der Waals surface area contributed by atoms with E-state index in [0.717, 1.165) is 30.3 Å². The van der Waals surface area contributed by atoms with E-state index in [1.165, 1.54) is 12.8 Å². The van der Waals surface area contributed by atoms with Crippen molar-refractivity contribution in [2.24, 2.45) is 0 Å². The van der Waals surface area contributed by atoms with Crippen LogP contribution in [0.1, 0.15) is 63.8 Å². The van der Waals surface area contributed by atoms with Gasteiger partial charge in [0.1, 0.15) is 17.5 Å². The van der Waals surface area contributed by atoms with Crippen LogP contribution in [0.2, 0.25) is 5.02 Å². The maximum Gasteiger partial charge on any atom is 0.278 e. The standard InChI is InChI=1S/C21H22ClN5O2/c1-3-12(2)27-16-10-14(22)8-9-15(16)26-11-23-17(18(26)21(27)28)19-24-20(29-25-19)13-6-4-5-7-13/h8-13H,3-7H2,1-2H3. The van der Waals surface area contributed by atoms with Gasteiger partial charge in [0.25, 0.3) is 5.56 Å². The maximum atomic E-state index is 13.5. The quantitative estimate of drug-likeness (QED) is 0.473. The van der Waals surface area contributed by atoms with Gasteiger partial charge in [-0.05, 0) is 44.4 Å². The molecule has 0 amide bonds. The second kappa shape index (κ2) is 6.99. The second-order valence-corrected chi connectivity index (χ2v) is 8.25. The maximum absolute atomic E-state index is 13.5. The molecule has 0 aliphatic heterocycles. The van der Waals surface area contributed by atoms with E-state index in [1.54, 1.807) is 15.3 Å². The summed E-state index contributed by atoms with van der Waals surface area (Å²) in [6.45, 7) is 4.09. The van der Waals surface area contributed by atoms with Crippen LogP contribution in [0.3, 0.4) is 0 Å². The Morgan fingerprint density at radius 1 is 1.28 bits per heavy atom. The van der Waals surface area contributed by atoms with Crippen LogP contribution < -0.4 is 5.56 Å². The van der Waals surface area contributed by atoms with Crippen molar-refractivity contribution in [3.05, 3.63) is 45.8 Å². The van der Waals surface area contributed by atoms with Crippen molar-refractivity contribution >= 4 is 28.2 Å². The van der Waals surface area contributed by atoms with Gasteiger partial charge in [-0.2, -0.15) is 4.98 Å². The van der Waals surface area contributed by atoms with Crippen LogP contribution in [0.5, 0.6) is 0 Å². The number of halogens is 1. The molecule has 1 aromatic carbocycles. The molecule has 1 atom stereocenters. The van der Waals surface area contributed by atoms with Gasteiger partial charge in [0.15, 0.2) is 0 Å². The highest BCUT2D eigenvalue weighted by molar-refractivity contribution is 6.31. The monoisotopic (exact) mass is 411 g/mol. The summed E-state index contributed by atoms with van der Waals surface area (Å²) >= 11 is 6.24. The van der Waals surface area contributed by atoms with E-state index >= 15 is 0 Å². The first-order chi connectivity index (χ1) is 14.1. The summed E-state index contributed by atoms with van der Waals surface area (Å²) in [5.41, 5.74) is 2.43. The highest BCUT2D eigenvalue weighted by atomic mass is 35.5. The molecule has 0 saturated heterocycles. The van der Waals surface area contributed by atoms with Gasteiger partial charge in [0, 0.05) is 17.0 Å². The van der Waals surface area contributed by atoms with E-state index < -0.39 is 0 Å². The number of aromatic nitrogens is 5. The summed E-state index contributed by atoms with van der Waals surface area (Å²) < 4.78 is 9.12. The average molecular weight is 412 g/mol. The molecule has 7 nitrogen and oxygen atoms in total. The zero-order chi connectivity index (χ0) is 20.1. The molecule has 0 N–H and O–H groups in total. The fourth-order valence-corrected chi connectivity index (χ4v) is 4.47. The molecule has 0 bridgehead atoms. The van der Waals surface area contributed by atoms with Gasteiger partial charge in [-0.15, -0.1) is 0 Å². The number of benzene rings is 1. The van der Waals surface area contributed by atoms with Crippen LogP contribution in [-0.4, -0.2) is 24.1 Å². The molecular weight excluding hydrogens is 390 g/mol. The first kappa shape index (κ1) is 18.4. The summed E-state index contributed by atoms with van der Waals surface area (Å²) in [4.78, 5) is 22.6. The van der Waals surface area contributed by atoms with Gasteiger partial charge in [0.2, 0.25) is 11.7 Å². The molecule has 5 rings (SSSR count). The molecule has 0 radical (unpaired) electrons. The molecule has 4 aromatic rings. The molecule has 0 spiro atoms.